The molecule has 3 unspecified atom stereocenters. The first-order chi connectivity index (χ1) is 9.08. The lowest BCUT2D eigenvalue weighted by molar-refractivity contribution is 0.309. The molecule has 0 amide bonds. The molecule has 2 rings (SSSR count). The van der Waals surface area contributed by atoms with Crippen LogP contribution in [0, 0.1) is 11.8 Å². The molecule has 0 heterocycles. The number of nitrogens with one attached hydrogen (secondary N) is 1. The van der Waals surface area contributed by atoms with Crippen LogP contribution in [0.3, 0.4) is 0 Å². The molecule has 2 heteroatoms. The van der Waals surface area contributed by atoms with Gasteiger partial charge in [0.05, 0.1) is 0 Å². The van der Waals surface area contributed by atoms with Gasteiger partial charge in [-0.3, -0.25) is 0 Å². The number of rotatable bonds is 4. The predicted octanol–water partition coefficient (Wildman–Crippen LogP) is 4.88. The molecule has 0 spiro atoms. The molecule has 1 aliphatic carbocycles. The summed E-state index contributed by atoms with van der Waals surface area (Å²) in [5, 5.41) is 4.12. The van der Waals surface area contributed by atoms with Gasteiger partial charge in [-0.1, -0.05) is 26.0 Å². The van der Waals surface area contributed by atoms with Gasteiger partial charge in [-0.05, 0) is 62.8 Å². The molecule has 1 saturated carbocycles. The van der Waals surface area contributed by atoms with Crippen LogP contribution >= 0.6 is 11.8 Å². The summed E-state index contributed by atoms with van der Waals surface area (Å²) in [4.78, 5) is 1.44. The fourth-order valence-electron chi connectivity index (χ4n) is 3.19. The highest BCUT2D eigenvalue weighted by Gasteiger charge is 2.24. The maximum Gasteiger partial charge on any atom is 0.0289 e. The van der Waals surface area contributed by atoms with E-state index in [1.807, 2.05) is 7.05 Å². The molecule has 0 radical (unpaired) electrons. The topological polar surface area (TPSA) is 12.0 Å². The summed E-state index contributed by atoms with van der Waals surface area (Å²) in [6.07, 6.45) is 4.16. The molecule has 1 aromatic rings. The monoisotopic (exact) mass is 277 g/mol. The van der Waals surface area contributed by atoms with Crippen molar-refractivity contribution in [2.75, 3.05) is 7.05 Å². The molecular formula is C17H27NS. The van der Waals surface area contributed by atoms with Gasteiger partial charge in [0.25, 0.3) is 0 Å². The van der Waals surface area contributed by atoms with Crippen LogP contribution in [0.1, 0.15) is 51.6 Å². The van der Waals surface area contributed by atoms with Crippen LogP contribution in [0.4, 0.5) is 0 Å². The van der Waals surface area contributed by atoms with Crippen LogP contribution in [0.5, 0.6) is 0 Å². The van der Waals surface area contributed by atoms with Crippen molar-refractivity contribution in [3.05, 3.63) is 29.8 Å². The third-order valence-corrected chi connectivity index (χ3v) is 5.47. The summed E-state index contributed by atoms with van der Waals surface area (Å²) < 4.78 is 0. The van der Waals surface area contributed by atoms with E-state index in [1.165, 1.54) is 29.7 Å². The molecule has 1 nitrogen and oxygen atoms in total. The van der Waals surface area contributed by atoms with Gasteiger partial charge in [0.1, 0.15) is 0 Å². The zero-order valence-electron chi connectivity index (χ0n) is 12.6. The normalized spacial score (nSPS) is 29.2. The third kappa shape index (κ3) is 4.25. The Morgan fingerprint density at radius 3 is 2.47 bits per heavy atom. The van der Waals surface area contributed by atoms with E-state index in [9.17, 15) is 0 Å². The molecule has 0 bridgehead atoms. The highest BCUT2D eigenvalue weighted by Crippen LogP contribution is 2.39. The van der Waals surface area contributed by atoms with E-state index in [4.69, 9.17) is 0 Å². The molecule has 0 saturated heterocycles. The Bertz CT molecular complexity index is 394. The van der Waals surface area contributed by atoms with E-state index in [-0.39, 0.29) is 0 Å². The molecule has 1 aliphatic rings. The highest BCUT2D eigenvalue weighted by atomic mass is 32.2. The first-order valence-corrected chi connectivity index (χ1v) is 8.40. The van der Waals surface area contributed by atoms with Gasteiger partial charge < -0.3 is 5.32 Å². The quantitative estimate of drug-likeness (QED) is 0.841. The summed E-state index contributed by atoms with van der Waals surface area (Å²) in [5.74, 6) is 1.78. The molecule has 0 aromatic heterocycles. The van der Waals surface area contributed by atoms with E-state index in [2.05, 4.69) is 62.1 Å². The van der Waals surface area contributed by atoms with Crippen molar-refractivity contribution in [1.82, 2.24) is 5.32 Å². The second kappa shape index (κ2) is 6.81. The van der Waals surface area contributed by atoms with Crippen molar-refractivity contribution in [3.63, 3.8) is 0 Å². The Hall–Kier alpha value is -0.470. The molecular weight excluding hydrogens is 250 g/mol. The van der Waals surface area contributed by atoms with Crippen LogP contribution in [-0.4, -0.2) is 12.3 Å². The average molecular weight is 277 g/mol. The zero-order chi connectivity index (χ0) is 13.8. The lowest BCUT2D eigenvalue weighted by atomic mass is 9.83. The summed E-state index contributed by atoms with van der Waals surface area (Å²) >= 11 is 2.09. The fourth-order valence-corrected chi connectivity index (χ4v) is 4.78. The van der Waals surface area contributed by atoms with Crippen molar-refractivity contribution < 1.29 is 0 Å². The van der Waals surface area contributed by atoms with Gasteiger partial charge in [-0.15, -0.1) is 11.8 Å². The van der Waals surface area contributed by atoms with Crippen molar-refractivity contribution in [2.45, 2.75) is 56.2 Å². The lowest BCUT2D eigenvalue weighted by Crippen LogP contribution is -2.21. The molecule has 106 valence electrons. The first kappa shape index (κ1) is 14.9. The van der Waals surface area contributed by atoms with Crippen molar-refractivity contribution in [3.8, 4) is 0 Å². The number of thioether (sulfide) groups is 1. The molecule has 19 heavy (non-hydrogen) atoms. The van der Waals surface area contributed by atoms with Crippen molar-refractivity contribution >= 4 is 11.8 Å². The predicted molar refractivity (Wildman–Crippen MR) is 85.7 cm³/mol. The Balaban J connectivity index is 2.02. The van der Waals surface area contributed by atoms with Gasteiger partial charge in [0.2, 0.25) is 0 Å². The van der Waals surface area contributed by atoms with Crippen LogP contribution in [0.25, 0.3) is 0 Å². The summed E-state index contributed by atoms with van der Waals surface area (Å²) in [6.45, 7) is 7.03. The first-order valence-electron chi connectivity index (χ1n) is 7.52. The van der Waals surface area contributed by atoms with E-state index in [0.29, 0.717) is 6.04 Å². The van der Waals surface area contributed by atoms with E-state index >= 15 is 0 Å². The van der Waals surface area contributed by atoms with Crippen LogP contribution in [-0.2, 0) is 0 Å². The minimum absolute atomic E-state index is 0.435. The van der Waals surface area contributed by atoms with Gasteiger partial charge >= 0.3 is 0 Å². The molecule has 1 N–H and O–H groups in total. The number of hydrogen-bond acceptors (Lipinski definition) is 2. The highest BCUT2D eigenvalue weighted by molar-refractivity contribution is 8.00. The Morgan fingerprint density at radius 1 is 1.16 bits per heavy atom. The Labute approximate surface area is 122 Å². The van der Waals surface area contributed by atoms with Gasteiger partial charge in [0.15, 0.2) is 0 Å². The minimum Gasteiger partial charge on any atom is -0.313 e. The molecule has 0 aliphatic heterocycles. The fraction of sp³-hybridized carbons (Fsp3) is 0.647. The Morgan fingerprint density at radius 2 is 1.84 bits per heavy atom. The average Bonchev–Trinajstić information content (AvgIpc) is 2.37. The lowest BCUT2D eigenvalue weighted by Gasteiger charge is -2.31. The third-order valence-electron chi connectivity index (χ3n) is 4.23. The second-order valence-electron chi connectivity index (χ2n) is 6.24. The van der Waals surface area contributed by atoms with Crippen LogP contribution in [0.2, 0.25) is 0 Å². The van der Waals surface area contributed by atoms with Crippen LogP contribution < -0.4 is 5.32 Å². The Kier molecular flexibility index (Phi) is 5.35. The summed E-state index contributed by atoms with van der Waals surface area (Å²) in [6, 6.07) is 9.47. The second-order valence-corrected chi connectivity index (χ2v) is 7.61. The largest absolute Gasteiger partial charge is 0.313 e. The van der Waals surface area contributed by atoms with E-state index < -0.39 is 0 Å². The van der Waals surface area contributed by atoms with E-state index in [0.717, 1.165) is 17.1 Å². The maximum atomic E-state index is 3.32. The van der Waals surface area contributed by atoms with Gasteiger partial charge in [-0.2, -0.15) is 0 Å². The molecule has 3 atom stereocenters. The van der Waals surface area contributed by atoms with Gasteiger partial charge in [-0.25, -0.2) is 0 Å². The van der Waals surface area contributed by atoms with Crippen molar-refractivity contribution in [1.29, 1.82) is 0 Å². The number of hydrogen-bond donors (Lipinski definition) is 1. The minimum atomic E-state index is 0.435. The smallest absolute Gasteiger partial charge is 0.0289 e. The zero-order valence-corrected chi connectivity index (χ0v) is 13.5. The van der Waals surface area contributed by atoms with Gasteiger partial charge in [0, 0.05) is 16.2 Å². The SMILES string of the molecule is CNC(C)c1cccc(SC2CC(C)CC(C)C2)c1. The number of benzene rings is 1. The maximum absolute atomic E-state index is 3.32. The summed E-state index contributed by atoms with van der Waals surface area (Å²) in [7, 11) is 2.02. The molecule has 1 aromatic carbocycles. The van der Waals surface area contributed by atoms with Crippen molar-refractivity contribution in [2.24, 2.45) is 11.8 Å². The van der Waals surface area contributed by atoms with E-state index in [1.54, 1.807) is 0 Å². The van der Waals surface area contributed by atoms with Crippen LogP contribution in [0.15, 0.2) is 29.2 Å². The standard InChI is InChI=1S/C17H27NS/c1-12-8-13(2)10-17(9-12)19-16-7-5-6-15(11-16)14(3)18-4/h5-7,11-14,17-18H,8-10H2,1-4H3. The summed E-state index contributed by atoms with van der Waals surface area (Å²) in [5.41, 5.74) is 1.39. The molecule has 1 fully saturated rings.